The predicted octanol–water partition coefficient (Wildman–Crippen LogP) is 4.02. The van der Waals surface area contributed by atoms with Gasteiger partial charge in [0.1, 0.15) is 5.69 Å². The van der Waals surface area contributed by atoms with Gasteiger partial charge < -0.3 is 10.6 Å². The Bertz CT molecular complexity index is 745. The summed E-state index contributed by atoms with van der Waals surface area (Å²) in [6, 6.07) is 10.1. The largest absolute Gasteiger partial charge is 0.348 e. The normalized spacial score (nSPS) is 19.7. The van der Waals surface area contributed by atoms with Gasteiger partial charge in [0.25, 0.3) is 5.91 Å². The molecule has 138 valence electrons. The SMILES string of the molecule is CC1CCCCC1NC(=O)c1csc(NC(=O)CCc2ccccc2)n1. The summed E-state index contributed by atoms with van der Waals surface area (Å²) in [7, 11) is 0. The van der Waals surface area contributed by atoms with E-state index in [2.05, 4.69) is 22.5 Å². The van der Waals surface area contributed by atoms with Crippen LogP contribution >= 0.6 is 11.3 Å². The van der Waals surface area contributed by atoms with E-state index in [9.17, 15) is 9.59 Å². The lowest BCUT2D eigenvalue weighted by atomic mass is 9.86. The van der Waals surface area contributed by atoms with Gasteiger partial charge in [-0.3, -0.25) is 9.59 Å². The quantitative estimate of drug-likeness (QED) is 0.805. The molecule has 2 unspecified atom stereocenters. The number of anilines is 1. The first kappa shape index (κ1) is 18.6. The van der Waals surface area contributed by atoms with E-state index in [-0.39, 0.29) is 17.9 Å². The lowest BCUT2D eigenvalue weighted by molar-refractivity contribution is -0.116. The van der Waals surface area contributed by atoms with Crippen LogP contribution in [0.5, 0.6) is 0 Å². The van der Waals surface area contributed by atoms with Crippen molar-refractivity contribution in [3.8, 4) is 0 Å². The van der Waals surface area contributed by atoms with Crippen molar-refractivity contribution in [3.05, 3.63) is 47.0 Å². The number of carbonyl (C=O) groups is 2. The van der Waals surface area contributed by atoms with Crippen LogP contribution in [0.2, 0.25) is 0 Å². The van der Waals surface area contributed by atoms with Crippen molar-refractivity contribution in [3.63, 3.8) is 0 Å². The maximum atomic E-state index is 12.4. The van der Waals surface area contributed by atoms with E-state index in [1.54, 1.807) is 5.38 Å². The molecular formula is C20H25N3O2S. The Morgan fingerprint density at radius 3 is 2.73 bits per heavy atom. The van der Waals surface area contributed by atoms with Crippen LogP contribution in [0.25, 0.3) is 0 Å². The van der Waals surface area contributed by atoms with Crippen molar-refractivity contribution >= 4 is 28.3 Å². The van der Waals surface area contributed by atoms with Crippen LogP contribution in [0.1, 0.15) is 55.1 Å². The number of hydrogen-bond acceptors (Lipinski definition) is 4. The summed E-state index contributed by atoms with van der Waals surface area (Å²) in [4.78, 5) is 28.7. The molecule has 0 spiro atoms. The van der Waals surface area contributed by atoms with Crippen LogP contribution < -0.4 is 10.6 Å². The molecule has 2 atom stereocenters. The Labute approximate surface area is 158 Å². The molecule has 2 N–H and O–H groups in total. The molecule has 1 aliphatic carbocycles. The molecule has 2 amide bonds. The van der Waals surface area contributed by atoms with Crippen LogP contribution in [0.15, 0.2) is 35.7 Å². The summed E-state index contributed by atoms with van der Waals surface area (Å²) in [5.41, 5.74) is 1.51. The molecule has 26 heavy (non-hydrogen) atoms. The lowest BCUT2D eigenvalue weighted by Gasteiger charge is -2.29. The van der Waals surface area contributed by atoms with Crippen LogP contribution in [-0.2, 0) is 11.2 Å². The fourth-order valence-electron chi connectivity index (χ4n) is 3.29. The van der Waals surface area contributed by atoms with Crippen LogP contribution in [-0.4, -0.2) is 22.8 Å². The summed E-state index contributed by atoms with van der Waals surface area (Å²) >= 11 is 1.29. The molecule has 1 aliphatic rings. The smallest absolute Gasteiger partial charge is 0.271 e. The van der Waals surface area contributed by atoms with E-state index < -0.39 is 0 Å². The van der Waals surface area contributed by atoms with E-state index in [0.29, 0.717) is 29.6 Å². The van der Waals surface area contributed by atoms with Gasteiger partial charge in [0.15, 0.2) is 5.13 Å². The maximum Gasteiger partial charge on any atom is 0.271 e. The molecule has 1 aromatic carbocycles. The number of nitrogens with one attached hydrogen (secondary N) is 2. The highest BCUT2D eigenvalue weighted by Crippen LogP contribution is 2.24. The summed E-state index contributed by atoms with van der Waals surface area (Å²) in [6.07, 6.45) is 5.67. The number of rotatable bonds is 6. The molecule has 3 rings (SSSR count). The Hall–Kier alpha value is -2.21. The fourth-order valence-corrected chi connectivity index (χ4v) is 4.00. The number of amides is 2. The number of aryl methyl sites for hydroxylation is 1. The first-order valence-corrected chi connectivity index (χ1v) is 10.1. The van der Waals surface area contributed by atoms with Crippen molar-refractivity contribution in [2.45, 2.75) is 51.5 Å². The molecule has 1 saturated carbocycles. The van der Waals surface area contributed by atoms with Crippen LogP contribution in [0.4, 0.5) is 5.13 Å². The second-order valence-electron chi connectivity index (χ2n) is 6.91. The minimum absolute atomic E-state index is 0.0870. The molecule has 1 fully saturated rings. The molecule has 1 aromatic heterocycles. The summed E-state index contributed by atoms with van der Waals surface area (Å²) in [5, 5.41) is 8.06. The standard InChI is InChI=1S/C20H25N3O2S/c1-14-7-5-6-10-16(14)21-19(25)17-13-26-20(22-17)23-18(24)12-11-15-8-3-2-4-9-15/h2-4,8-9,13-14,16H,5-7,10-12H2,1H3,(H,21,25)(H,22,23,24). The molecule has 0 bridgehead atoms. The van der Waals surface area contributed by atoms with E-state index >= 15 is 0 Å². The number of nitrogens with zero attached hydrogens (tertiary/aromatic N) is 1. The van der Waals surface area contributed by atoms with Gasteiger partial charge in [-0.25, -0.2) is 4.98 Å². The van der Waals surface area contributed by atoms with Gasteiger partial charge in [-0.2, -0.15) is 0 Å². The van der Waals surface area contributed by atoms with Crippen molar-refractivity contribution in [2.75, 3.05) is 5.32 Å². The first-order valence-electron chi connectivity index (χ1n) is 9.22. The van der Waals surface area contributed by atoms with E-state index in [1.165, 1.54) is 17.8 Å². The zero-order chi connectivity index (χ0) is 18.4. The number of thiazole rings is 1. The number of carbonyl (C=O) groups excluding carboxylic acids is 2. The summed E-state index contributed by atoms with van der Waals surface area (Å²) in [6.45, 7) is 2.18. The Kier molecular flexibility index (Phi) is 6.39. The minimum Gasteiger partial charge on any atom is -0.348 e. The monoisotopic (exact) mass is 371 g/mol. The zero-order valence-corrected chi connectivity index (χ0v) is 15.8. The van der Waals surface area contributed by atoms with Gasteiger partial charge in [-0.1, -0.05) is 50.1 Å². The summed E-state index contributed by atoms with van der Waals surface area (Å²) in [5.74, 6) is 0.268. The number of hydrogen-bond donors (Lipinski definition) is 2. The third kappa shape index (κ3) is 5.14. The number of aromatic nitrogens is 1. The zero-order valence-electron chi connectivity index (χ0n) is 15.0. The molecule has 2 aromatic rings. The Balaban J connectivity index is 1.49. The molecule has 0 radical (unpaired) electrons. The Morgan fingerprint density at radius 1 is 1.19 bits per heavy atom. The summed E-state index contributed by atoms with van der Waals surface area (Å²) < 4.78 is 0. The van der Waals surface area contributed by atoms with Gasteiger partial charge >= 0.3 is 0 Å². The lowest BCUT2D eigenvalue weighted by Crippen LogP contribution is -2.41. The van der Waals surface area contributed by atoms with E-state index in [1.807, 2.05) is 30.3 Å². The minimum atomic E-state index is -0.148. The average Bonchev–Trinajstić information content (AvgIpc) is 3.11. The van der Waals surface area contributed by atoms with Crippen molar-refractivity contribution in [2.24, 2.45) is 5.92 Å². The van der Waals surface area contributed by atoms with Gasteiger partial charge in [0.05, 0.1) is 0 Å². The highest BCUT2D eigenvalue weighted by atomic mass is 32.1. The molecule has 0 saturated heterocycles. The van der Waals surface area contributed by atoms with E-state index in [0.717, 1.165) is 24.8 Å². The van der Waals surface area contributed by atoms with Gasteiger partial charge in [0.2, 0.25) is 5.91 Å². The molecule has 1 heterocycles. The van der Waals surface area contributed by atoms with E-state index in [4.69, 9.17) is 0 Å². The second-order valence-corrected chi connectivity index (χ2v) is 7.77. The Morgan fingerprint density at radius 2 is 1.96 bits per heavy atom. The van der Waals surface area contributed by atoms with Crippen LogP contribution in [0.3, 0.4) is 0 Å². The molecular weight excluding hydrogens is 346 g/mol. The van der Waals surface area contributed by atoms with Crippen molar-refractivity contribution in [1.82, 2.24) is 10.3 Å². The predicted molar refractivity (Wildman–Crippen MR) is 104 cm³/mol. The maximum absolute atomic E-state index is 12.4. The number of benzene rings is 1. The van der Waals surface area contributed by atoms with Gasteiger partial charge in [-0.05, 0) is 30.7 Å². The molecule has 5 nitrogen and oxygen atoms in total. The first-order chi connectivity index (χ1) is 12.6. The van der Waals surface area contributed by atoms with Crippen molar-refractivity contribution in [1.29, 1.82) is 0 Å². The van der Waals surface area contributed by atoms with Gasteiger partial charge in [-0.15, -0.1) is 11.3 Å². The fraction of sp³-hybridized carbons (Fsp3) is 0.450. The third-order valence-corrected chi connectivity index (χ3v) is 5.65. The topological polar surface area (TPSA) is 71.1 Å². The molecule has 6 heteroatoms. The second kappa shape index (κ2) is 8.94. The highest BCUT2D eigenvalue weighted by Gasteiger charge is 2.24. The van der Waals surface area contributed by atoms with Crippen molar-refractivity contribution < 1.29 is 9.59 Å². The molecule has 0 aliphatic heterocycles. The van der Waals surface area contributed by atoms with Crippen LogP contribution in [0, 0.1) is 5.92 Å². The van der Waals surface area contributed by atoms with Gasteiger partial charge in [0, 0.05) is 17.8 Å². The average molecular weight is 372 g/mol. The highest BCUT2D eigenvalue weighted by molar-refractivity contribution is 7.14. The third-order valence-electron chi connectivity index (χ3n) is 4.89.